The summed E-state index contributed by atoms with van der Waals surface area (Å²) in [5, 5.41) is 3.23. The number of rotatable bonds is 6. The second-order valence-electron chi connectivity index (χ2n) is 5.09. The van der Waals surface area contributed by atoms with Crippen LogP contribution in [0, 0.1) is 11.6 Å². The van der Waals surface area contributed by atoms with Crippen molar-refractivity contribution in [1.29, 1.82) is 0 Å². The molecule has 110 valence electrons. The van der Waals surface area contributed by atoms with Crippen molar-refractivity contribution in [2.45, 2.75) is 38.8 Å². The molecule has 1 aliphatic rings. The Labute approximate surface area is 118 Å². The largest absolute Gasteiger partial charge is 0.335 e. The fourth-order valence-electron chi connectivity index (χ4n) is 2.59. The van der Waals surface area contributed by atoms with E-state index < -0.39 is 11.6 Å². The Morgan fingerprint density at radius 3 is 2.90 bits per heavy atom. The lowest BCUT2D eigenvalue weighted by molar-refractivity contribution is -0.129. The number of likely N-dealkylation sites (tertiary alicyclic amines) is 1. The van der Waals surface area contributed by atoms with Crippen LogP contribution < -0.4 is 5.32 Å². The second kappa shape index (κ2) is 6.79. The van der Waals surface area contributed by atoms with E-state index in [4.69, 9.17) is 0 Å². The third-order valence-corrected chi connectivity index (χ3v) is 3.71. The molecule has 2 rings (SSSR count). The molecule has 1 aromatic rings. The van der Waals surface area contributed by atoms with Crippen LogP contribution in [0.4, 0.5) is 8.78 Å². The average Bonchev–Trinajstić information content (AvgIpc) is 2.75. The topological polar surface area (TPSA) is 32.3 Å². The van der Waals surface area contributed by atoms with Gasteiger partial charge in [0.1, 0.15) is 11.6 Å². The van der Waals surface area contributed by atoms with Crippen molar-refractivity contribution in [3.05, 3.63) is 35.4 Å². The van der Waals surface area contributed by atoms with E-state index in [1.54, 1.807) is 4.90 Å². The molecule has 0 bridgehead atoms. The van der Waals surface area contributed by atoms with Gasteiger partial charge in [0.15, 0.2) is 0 Å². The van der Waals surface area contributed by atoms with E-state index in [2.05, 4.69) is 5.32 Å². The molecular formula is C15H20F2N2O. The standard InChI is InChI=1S/C15H20F2N2O/c1-2-18-8-7-13-5-6-15(20)19(13)10-11-3-4-12(16)9-14(11)17/h3-4,9,13,18H,2,5-8,10H2,1H3/t13-/m0/s1. The lowest BCUT2D eigenvalue weighted by atomic mass is 10.1. The van der Waals surface area contributed by atoms with E-state index in [1.807, 2.05) is 6.92 Å². The van der Waals surface area contributed by atoms with Gasteiger partial charge in [-0.2, -0.15) is 0 Å². The van der Waals surface area contributed by atoms with Gasteiger partial charge < -0.3 is 10.2 Å². The predicted molar refractivity (Wildman–Crippen MR) is 73.1 cm³/mol. The molecule has 0 aliphatic carbocycles. The molecule has 1 fully saturated rings. The Hall–Kier alpha value is -1.49. The summed E-state index contributed by atoms with van der Waals surface area (Å²) in [6.07, 6.45) is 2.19. The van der Waals surface area contributed by atoms with Crippen molar-refractivity contribution in [3.8, 4) is 0 Å². The van der Waals surface area contributed by atoms with Crippen LogP contribution in [0.25, 0.3) is 0 Å². The highest BCUT2D eigenvalue weighted by molar-refractivity contribution is 5.78. The van der Waals surface area contributed by atoms with Gasteiger partial charge >= 0.3 is 0 Å². The predicted octanol–water partition coefficient (Wildman–Crippen LogP) is 2.46. The zero-order valence-corrected chi connectivity index (χ0v) is 11.7. The van der Waals surface area contributed by atoms with Crippen LogP contribution in [0.5, 0.6) is 0 Å². The normalized spacial score (nSPS) is 18.9. The molecule has 0 aromatic heterocycles. The van der Waals surface area contributed by atoms with Gasteiger partial charge in [-0.25, -0.2) is 8.78 Å². The summed E-state index contributed by atoms with van der Waals surface area (Å²) < 4.78 is 26.6. The maximum atomic E-state index is 13.7. The number of nitrogens with one attached hydrogen (secondary N) is 1. The minimum atomic E-state index is -0.595. The molecule has 1 amide bonds. The van der Waals surface area contributed by atoms with Gasteiger partial charge in [0.05, 0.1) is 0 Å². The summed E-state index contributed by atoms with van der Waals surface area (Å²) in [5.41, 5.74) is 0.370. The van der Waals surface area contributed by atoms with E-state index >= 15 is 0 Å². The van der Waals surface area contributed by atoms with Gasteiger partial charge in [0.25, 0.3) is 0 Å². The quantitative estimate of drug-likeness (QED) is 0.813. The maximum absolute atomic E-state index is 13.7. The Morgan fingerprint density at radius 1 is 1.40 bits per heavy atom. The Kier molecular flexibility index (Phi) is 5.06. The zero-order valence-electron chi connectivity index (χ0n) is 11.7. The first-order chi connectivity index (χ1) is 9.61. The van der Waals surface area contributed by atoms with E-state index in [1.165, 1.54) is 12.1 Å². The maximum Gasteiger partial charge on any atom is 0.223 e. The van der Waals surface area contributed by atoms with Crippen molar-refractivity contribution < 1.29 is 13.6 Å². The molecule has 1 saturated heterocycles. The fourth-order valence-corrected chi connectivity index (χ4v) is 2.59. The summed E-state index contributed by atoms with van der Waals surface area (Å²) in [6, 6.07) is 3.65. The van der Waals surface area contributed by atoms with Crippen molar-refractivity contribution in [2.24, 2.45) is 0 Å². The Morgan fingerprint density at radius 2 is 2.20 bits per heavy atom. The summed E-state index contributed by atoms with van der Waals surface area (Å²) in [6.45, 7) is 4.00. The molecular weight excluding hydrogens is 262 g/mol. The van der Waals surface area contributed by atoms with Crippen LogP contribution >= 0.6 is 0 Å². The number of hydrogen-bond donors (Lipinski definition) is 1. The van der Waals surface area contributed by atoms with Crippen molar-refractivity contribution in [1.82, 2.24) is 10.2 Å². The number of nitrogens with zero attached hydrogens (tertiary/aromatic N) is 1. The van der Waals surface area contributed by atoms with Gasteiger partial charge in [-0.3, -0.25) is 4.79 Å². The van der Waals surface area contributed by atoms with Gasteiger partial charge in [-0.15, -0.1) is 0 Å². The molecule has 1 N–H and O–H groups in total. The van der Waals surface area contributed by atoms with Crippen molar-refractivity contribution >= 4 is 5.91 Å². The lowest BCUT2D eigenvalue weighted by Gasteiger charge is -2.25. The highest BCUT2D eigenvalue weighted by atomic mass is 19.1. The first kappa shape index (κ1) is 14.9. The molecule has 1 aromatic carbocycles. The number of hydrogen-bond acceptors (Lipinski definition) is 2. The molecule has 0 radical (unpaired) electrons. The molecule has 0 saturated carbocycles. The third kappa shape index (κ3) is 3.54. The summed E-state index contributed by atoms with van der Waals surface area (Å²) in [7, 11) is 0. The third-order valence-electron chi connectivity index (χ3n) is 3.71. The van der Waals surface area contributed by atoms with Gasteiger partial charge in [-0.05, 0) is 32.0 Å². The number of carbonyl (C=O) groups is 1. The van der Waals surface area contributed by atoms with Gasteiger partial charge in [-0.1, -0.05) is 13.0 Å². The monoisotopic (exact) mass is 282 g/mol. The Balaban J connectivity index is 2.02. The van der Waals surface area contributed by atoms with E-state index in [-0.39, 0.29) is 18.5 Å². The molecule has 3 nitrogen and oxygen atoms in total. The van der Waals surface area contributed by atoms with Crippen LogP contribution in [0.1, 0.15) is 31.7 Å². The first-order valence-corrected chi connectivity index (χ1v) is 7.06. The van der Waals surface area contributed by atoms with Crippen LogP contribution in [0.2, 0.25) is 0 Å². The number of benzene rings is 1. The number of carbonyl (C=O) groups excluding carboxylic acids is 1. The zero-order chi connectivity index (χ0) is 14.5. The minimum Gasteiger partial charge on any atom is -0.335 e. The molecule has 1 aliphatic heterocycles. The van der Waals surface area contributed by atoms with Crippen molar-refractivity contribution in [3.63, 3.8) is 0 Å². The summed E-state index contributed by atoms with van der Waals surface area (Å²) in [5.74, 6) is -1.13. The number of amides is 1. The van der Waals surface area contributed by atoms with Crippen LogP contribution in [-0.4, -0.2) is 29.9 Å². The smallest absolute Gasteiger partial charge is 0.223 e. The number of halogens is 2. The summed E-state index contributed by atoms with van der Waals surface area (Å²) in [4.78, 5) is 13.6. The fraction of sp³-hybridized carbons (Fsp3) is 0.533. The van der Waals surface area contributed by atoms with E-state index in [0.717, 1.165) is 32.0 Å². The molecule has 5 heteroatoms. The van der Waals surface area contributed by atoms with E-state index in [9.17, 15) is 13.6 Å². The van der Waals surface area contributed by atoms with Crippen LogP contribution in [0.15, 0.2) is 18.2 Å². The molecule has 0 unspecified atom stereocenters. The Bertz CT molecular complexity index is 479. The van der Waals surface area contributed by atoms with Crippen LogP contribution in [0.3, 0.4) is 0 Å². The SMILES string of the molecule is CCNCC[C@@H]1CCC(=O)N1Cc1ccc(F)cc1F. The molecule has 20 heavy (non-hydrogen) atoms. The minimum absolute atomic E-state index is 0.0511. The average molecular weight is 282 g/mol. The van der Waals surface area contributed by atoms with Gasteiger partial charge in [0, 0.05) is 30.6 Å². The highest BCUT2D eigenvalue weighted by Crippen LogP contribution is 2.24. The van der Waals surface area contributed by atoms with Crippen LogP contribution in [-0.2, 0) is 11.3 Å². The molecule has 1 heterocycles. The summed E-state index contributed by atoms with van der Waals surface area (Å²) >= 11 is 0. The molecule has 0 spiro atoms. The molecule has 1 atom stereocenters. The highest BCUT2D eigenvalue weighted by Gasteiger charge is 2.30. The van der Waals surface area contributed by atoms with E-state index in [0.29, 0.717) is 12.0 Å². The second-order valence-corrected chi connectivity index (χ2v) is 5.09. The lowest BCUT2D eigenvalue weighted by Crippen LogP contribution is -2.35. The van der Waals surface area contributed by atoms with Gasteiger partial charge in [0.2, 0.25) is 5.91 Å². The van der Waals surface area contributed by atoms with Crippen molar-refractivity contribution in [2.75, 3.05) is 13.1 Å². The first-order valence-electron chi connectivity index (χ1n) is 7.06.